The lowest BCUT2D eigenvalue weighted by molar-refractivity contribution is -0.305. The number of carbonyl (C=O) groups is 1. The normalized spacial score (nSPS) is 11.3. The van der Waals surface area contributed by atoms with E-state index in [2.05, 4.69) is 36.2 Å². The van der Waals surface area contributed by atoms with Gasteiger partial charge in [-0.1, -0.05) is 35.9 Å². The number of H-pyrrole nitrogens is 1. The molecule has 0 amide bonds. The number of carbonyl (C=O) groups excluding carboxylic acids is 1. The van der Waals surface area contributed by atoms with Crippen molar-refractivity contribution >= 4 is 27.8 Å². The highest BCUT2D eigenvalue weighted by Gasteiger charge is 2.14. The Labute approximate surface area is 151 Å². The van der Waals surface area contributed by atoms with Crippen molar-refractivity contribution in [3.63, 3.8) is 0 Å². The van der Waals surface area contributed by atoms with Crippen molar-refractivity contribution < 1.29 is 9.90 Å². The molecule has 4 aromatic rings. The molecule has 0 atom stereocenters. The molecule has 0 aliphatic rings. The zero-order valence-corrected chi connectivity index (χ0v) is 14.6. The van der Waals surface area contributed by atoms with Gasteiger partial charge >= 0.3 is 0 Å². The van der Waals surface area contributed by atoms with E-state index in [9.17, 15) is 9.90 Å². The SMILES string of the molecule is Cc1ccc2[nH]c(-c3ccc4ccccc4n3)c(CCCC(=O)[O-])c2c1. The van der Waals surface area contributed by atoms with Crippen LogP contribution in [-0.2, 0) is 11.2 Å². The maximum Gasteiger partial charge on any atom is 0.0875 e. The molecule has 0 unspecified atom stereocenters. The zero-order valence-electron chi connectivity index (χ0n) is 14.6. The van der Waals surface area contributed by atoms with Crippen LogP contribution in [0.3, 0.4) is 0 Å². The summed E-state index contributed by atoms with van der Waals surface area (Å²) >= 11 is 0. The summed E-state index contributed by atoms with van der Waals surface area (Å²) in [5.41, 5.74) is 6.13. The Morgan fingerprint density at radius 1 is 1.12 bits per heavy atom. The summed E-state index contributed by atoms with van der Waals surface area (Å²) in [5, 5.41) is 13.0. The standard InChI is InChI=1S/C22H20N2O2/c1-14-9-11-19-17(13-14)16(6-4-8-21(25)26)22(24-19)20-12-10-15-5-2-3-7-18(15)23-20/h2-3,5,7,9-13,24H,4,6,8H2,1H3,(H,25,26)/p-1. The van der Waals surface area contributed by atoms with Gasteiger partial charge in [0.15, 0.2) is 0 Å². The smallest absolute Gasteiger partial charge is 0.0875 e. The molecule has 0 saturated carbocycles. The number of hydrogen-bond donors (Lipinski definition) is 1. The van der Waals surface area contributed by atoms with Gasteiger partial charge in [0.1, 0.15) is 0 Å². The van der Waals surface area contributed by atoms with Crippen LogP contribution in [0.2, 0.25) is 0 Å². The van der Waals surface area contributed by atoms with Gasteiger partial charge in [-0.3, -0.25) is 0 Å². The molecule has 4 nitrogen and oxygen atoms in total. The van der Waals surface area contributed by atoms with E-state index < -0.39 is 5.97 Å². The first kappa shape index (κ1) is 16.3. The predicted octanol–water partition coefficient (Wildman–Crippen LogP) is 3.76. The highest BCUT2D eigenvalue weighted by molar-refractivity contribution is 5.92. The number of nitrogens with one attached hydrogen (secondary N) is 1. The maximum atomic E-state index is 10.8. The van der Waals surface area contributed by atoms with Crippen LogP contribution >= 0.6 is 0 Å². The summed E-state index contributed by atoms with van der Waals surface area (Å²) in [6.45, 7) is 2.06. The highest BCUT2D eigenvalue weighted by Crippen LogP contribution is 2.32. The first-order chi connectivity index (χ1) is 12.6. The van der Waals surface area contributed by atoms with Gasteiger partial charge in [-0.15, -0.1) is 0 Å². The molecule has 0 aliphatic carbocycles. The van der Waals surface area contributed by atoms with Gasteiger partial charge < -0.3 is 14.9 Å². The summed E-state index contributed by atoms with van der Waals surface area (Å²) in [7, 11) is 0. The molecular formula is C22H19N2O2-. The number of nitrogens with zero attached hydrogens (tertiary/aromatic N) is 1. The Hall–Kier alpha value is -3.14. The molecule has 2 aromatic heterocycles. The fourth-order valence-electron chi connectivity index (χ4n) is 3.45. The topological polar surface area (TPSA) is 68.8 Å². The lowest BCUT2D eigenvalue weighted by Crippen LogP contribution is -2.21. The van der Waals surface area contributed by atoms with Crippen molar-refractivity contribution in [3.05, 3.63) is 65.7 Å². The molecule has 0 spiro atoms. The van der Waals surface area contributed by atoms with Crippen LogP contribution in [0, 0.1) is 6.92 Å². The van der Waals surface area contributed by atoms with Crippen molar-refractivity contribution in [2.75, 3.05) is 0 Å². The average molecular weight is 343 g/mol. The predicted molar refractivity (Wildman–Crippen MR) is 102 cm³/mol. The molecule has 2 aromatic carbocycles. The number of benzene rings is 2. The summed E-state index contributed by atoms with van der Waals surface area (Å²) in [5.74, 6) is -1.01. The number of hydrogen-bond acceptors (Lipinski definition) is 3. The van der Waals surface area contributed by atoms with Gasteiger partial charge in [-0.05, 0) is 56.0 Å². The second-order valence-electron chi connectivity index (χ2n) is 6.64. The van der Waals surface area contributed by atoms with Gasteiger partial charge in [0.05, 0.1) is 16.9 Å². The average Bonchev–Trinajstić information content (AvgIpc) is 2.99. The van der Waals surface area contributed by atoms with E-state index in [1.54, 1.807) is 0 Å². The molecule has 0 fully saturated rings. The van der Waals surface area contributed by atoms with Crippen molar-refractivity contribution in [2.45, 2.75) is 26.2 Å². The monoisotopic (exact) mass is 343 g/mol. The first-order valence-electron chi connectivity index (χ1n) is 8.79. The minimum atomic E-state index is -1.01. The van der Waals surface area contributed by atoms with E-state index in [-0.39, 0.29) is 6.42 Å². The van der Waals surface area contributed by atoms with E-state index in [0.29, 0.717) is 12.8 Å². The molecule has 130 valence electrons. The van der Waals surface area contributed by atoms with Crippen LogP contribution in [0.1, 0.15) is 24.0 Å². The number of para-hydroxylation sites is 1. The van der Waals surface area contributed by atoms with Gasteiger partial charge in [0.25, 0.3) is 0 Å². The Morgan fingerprint density at radius 2 is 1.96 bits per heavy atom. The number of aryl methyl sites for hydroxylation is 2. The molecule has 0 aliphatic heterocycles. The Bertz CT molecular complexity index is 1110. The number of fused-ring (bicyclic) bond motifs is 2. The fourth-order valence-corrected chi connectivity index (χ4v) is 3.45. The second kappa shape index (κ2) is 6.64. The van der Waals surface area contributed by atoms with Crippen LogP contribution in [0.15, 0.2) is 54.6 Å². The van der Waals surface area contributed by atoms with Crippen LogP contribution in [0.4, 0.5) is 0 Å². The Balaban J connectivity index is 1.84. The van der Waals surface area contributed by atoms with E-state index in [4.69, 9.17) is 4.98 Å². The first-order valence-corrected chi connectivity index (χ1v) is 8.79. The lowest BCUT2D eigenvalue weighted by atomic mass is 10.0. The van der Waals surface area contributed by atoms with Crippen LogP contribution in [-0.4, -0.2) is 15.9 Å². The molecule has 26 heavy (non-hydrogen) atoms. The van der Waals surface area contributed by atoms with Gasteiger partial charge in [-0.2, -0.15) is 0 Å². The molecule has 1 N–H and O–H groups in total. The molecule has 2 heterocycles. The van der Waals surface area contributed by atoms with Crippen LogP contribution in [0.5, 0.6) is 0 Å². The molecule has 0 bridgehead atoms. The van der Waals surface area contributed by atoms with Gasteiger partial charge in [-0.25, -0.2) is 4.98 Å². The third kappa shape index (κ3) is 3.06. The Morgan fingerprint density at radius 3 is 2.81 bits per heavy atom. The third-order valence-electron chi connectivity index (χ3n) is 4.72. The summed E-state index contributed by atoms with van der Waals surface area (Å²) in [6.07, 6.45) is 1.27. The van der Waals surface area contributed by atoms with Crippen LogP contribution in [0.25, 0.3) is 33.2 Å². The van der Waals surface area contributed by atoms with E-state index in [1.165, 1.54) is 5.56 Å². The maximum absolute atomic E-state index is 10.8. The molecule has 0 saturated heterocycles. The summed E-state index contributed by atoms with van der Waals surface area (Å²) in [6, 6.07) is 18.4. The minimum Gasteiger partial charge on any atom is -0.550 e. The number of rotatable bonds is 5. The quantitative estimate of drug-likeness (QED) is 0.600. The van der Waals surface area contributed by atoms with Crippen molar-refractivity contribution in [1.29, 1.82) is 0 Å². The highest BCUT2D eigenvalue weighted by atomic mass is 16.4. The largest absolute Gasteiger partial charge is 0.550 e. The molecule has 4 heteroatoms. The Kier molecular flexibility index (Phi) is 4.17. The van der Waals surface area contributed by atoms with E-state index >= 15 is 0 Å². The summed E-state index contributed by atoms with van der Waals surface area (Å²) in [4.78, 5) is 19.1. The van der Waals surface area contributed by atoms with E-state index in [1.807, 2.05) is 30.3 Å². The minimum absolute atomic E-state index is 0.0586. The van der Waals surface area contributed by atoms with E-state index in [0.717, 1.165) is 38.8 Å². The number of carboxylic acids is 1. The van der Waals surface area contributed by atoms with Gasteiger partial charge in [0, 0.05) is 22.3 Å². The number of aromatic nitrogens is 2. The van der Waals surface area contributed by atoms with Crippen molar-refractivity contribution in [3.8, 4) is 11.4 Å². The number of aromatic amines is 1. The zero-order chi connectivity index (χ0) is 18.1. The molecule has 0 radical (unpaired) electrons. The number of pyridine rings is 1. The summed E-state index contributed by atoms with van der Waals surface area (Å²) < 4.78 is 0. The molecule has 4 rings (SSSR count). The van der Waals surface area contributed by atoms with Crippen LogP contribution < -0.4 is 5.11 Å². The fraction of sp³-hybridized carbons (Fsp3) is 0.182. The van der Waals surface area contributed by atoms with Crippen molar-refractivity contribution in [1.82, 2.24) is 9.97 Å². The van der Waals surface area contributed by atoms with Crippen molar-refractivity contribution in [2.24, 2.45) is 0 Å². The second-order valence-corrected chi connectivity index (χ2v) is 6.64. The van der Waals surface area contributed by atoms with Gasteiger partial charge in [0.2, 0.25) is 0 Å². The number of carboxylic acid groups (broad SMARTS) is 1. The lowest BCUT2D eigenvalue weighted by Gasteiger charge is -2.07. The third-order valence-corrected chi connectivity index (χ3v) is 4.72. The number of aliphatic carboxylic acids is 1. The molecular weight excluding hydrogens is 324 g/mol.